The maximum Gasteiger partial charge on any atom is 0.0521 e. The molecule has 0 aromatic heterocycles. The smallest absolute Gasteiger partial charge is 0.0521 e. The summed E-state index contributed by atoms with van der Waals surface area (Å²) < 4.78 is 5.72. The van der Waals surface area contributed by atoms with Gasteiger partial charge in [-0.2, -0.15) is 0 Å². The summed E-state index contributed by atoms with van der Waals surface area (Å²) in [5.74, 6) is 0.694. The summed E-state index contributed by atoms with van der Waals surface area (Å²) in [7, 11) is 0. The van der Waals surface area contributed by atoms with Crippen molar-refractivity contribution in [1.29, 1.82) is 0 Å². The lowest BCUT2D eigenvalue weighted by molar-refractivity contribution is 0.0156. The Morgan fingerprint density at radius 3 is 2.58 bits per heavy atom. The predicted octanol–water partition coefficient (Wildman–Crippen LogP) is 2.66. The largest absolute Gasteiger partial charge is 0.381 e. The van der Waals surface area contributed by atoms with Gasteiger partial charge in [-0.15, -0.1) is 0 Å². The summed E-state index contributed by atoms with van der Waals surface area (Å²) in [5.41, 5.74) is 0. The summed E-state index contributed by atoms with van der Waals surface area (Å²) in [6.07, 6.45) is 9.50. The number of hydrogen-bond acceptors (Lipinski definition) is 3. The lowest BCUT2D eigenvalue weighted by Crippen LogP contribution is -2.48. The number of rotatable bonds is 5. The van der Waals surface area contributed by atoms with Crippen molar-refractivity contribution in [3.05, 3.63) is 0 Å². The van der Waals surface area contributed by atoms with Gasteiger partial charge < -0.3 is 15.0 Å². The third-order valence-corrected chi connectivity index (χ3v) is 4.57. The van der Waals surface area contributed by atoms with Crippen LogP contribution in [0.1, 0.15) is 51.9 Å². The van der Waals surface area contributed by atoms with E-state index in [9.17, 15) is 0 Å². The molecule has 3 heteroatoms. The van der Waals surface area contributed by atoms with Crippen molar-refractivity contribution in [3.8, 4) is 0 Å². The van der Waals surface area contributed by atoms with Gasteiger partial charge in [0.2, 0.25) is 0 Å². The molecule has 2 saturated heterocycles. The second kappa shape index (κ2) is 8.93. The van der Waals surface area contributed by atoms with Crippen molar-refractivity contribution in [2.45, 2.75) is 57.9 Å². The molecule has 0 spiro atoms. The third kappa shape index (κ3) is 5.41. The number of likely N-dealkylation sites (tertiary alicyclic amines) is 1. The second-order valence-electron chi connectivity index (χ2n) is 6.25. The van der Waals surface area contributed by atoms with Crippen molar-refractivity contribution in [2.75, 3.05) is 39.4 Å². The molecular weight excluding hydrogens is 236 g/mol. The average Bonchev–Trinajstić information content (AvgIpc) is 2.40. The van der Waals surface area contributed by atoms with Gasteiger partial charge in [0.1, 0.15) is 0 Å². The lowest BCUT2D eigenvalue weighted by atomic mass is 9.94. The molecule has 1 N–H and O–H groups in total. The Hall–Kier alpha value is -0.120. The molecule has 0 radical (unpaired) electrons. The van der Waals surface area contributed by atoms with Crippen LogP contribution in [0, 0.1) is 5.92 Å². The lowest BCUT2D eigenvalue weighted by Gasteiger charge is -2.36. The van der Waals surface area contributed by atoms with Gasteiger partial charge >= 0.3 is 0 Å². The molecule has 2 aliphatic heterocycles. The zero-order valence-corrected chi connectivity index (χ0v) is 12.7. The normalized spacial score (nSPS) is 30.8. The van der Waals surface area contributed by atoms with Gasteiger partial charge in [0.15, 0.2) is 0 Å². The van der Waals surface area contributed by atoms with E-state index in [2.05, 4.69) is 17.1 Å². The fourth-order valence-corrected chi connectivity index (χ4v) is 3.40. The second-order valence-corrected chi connectivity index (χ2v) is 6.25. The Morgan fingerprint density at radius 2 is 1.84 bits per heavy atom. The fourth-order valence-electron chi connectivity index (χ4n) is 3.40. The number of hydrogen-bond donors (Lipinski definition) is 1. The Balaban J connectivity index is 1.79. The minimum atomic E-state index is 0.680. The Bertz CT molecular complexity index is 227. The van der Waals surface area contributed by atoms with Gasteiger partial charge in [0.05, 0.1) is 6.61 Å². The molecule has 2 aliphatic rings. The van der Waals surface area contributed by atoms with E-state index in [1.807, 2.05) is 0 Å². The molecule has 0 aliphatic carbocycles. The van der Waals surface area contributed by atoms with E-state index in [-0.39, 0.29) is 0 Å². The van der Waals surface area contributed by atoms with Gasteiger partial charge in [-0.05, 0) is 45.3 Å². The Labute approximate surface area is 119 Å². The van der Waals surface area contributed by atoms with E-state index in [0.29, 0.717) is 12.0 Å². The first-order valence-corrected chi connectivity index (χ1v) is 8.43. The van der Waals surface area contributed by atoms with Crippen molar-refractivity contribution >= 4 is 0 Å². The SMILES string of the molecule is CCCNC1CCOCC1CN1CCCCCCC1. The van der Waals surface area contributed by atoms with Crippen molar-refractivity contribution in [1.82, 2.24) is 10.2 Å². The van der Waals surface area contributed by atoms with Crippen molar-refractivity contribution < 1.29 is 4.74 Å². The maximum absolute atomic E-state index is 5.72. The zero-order chi connectivity index (χ0) is 13.3. The standard InChI is InChI=1S/C16H32N2O/c1-2-9-17-16-8-12-19-14-15(16)13-18-10-6-4-3-5-7-11-18/h15-17H,2-14H2,1H3. The molecule has 2 atom stereocenters. The first-order chi connectivity index (χ1) is 9.40. The molecular formula is C16H32N2O. The minimum absolute atomic E-state index is 0.680. The van der Waals surface area contributed by atoms with E-state index in [0.717, 1.165) is 19.8 Å². The highest BCUT2D eigenvalue weighted by atomic mass is 16.5. The molecule has 19 heavy (non-hydrogen) atoms. The molecule has 112 valence electrons. The summed E-state index contributed by atoms with van der Waals surface area (Å²) in [6.45, 7) is 9.14. The highest BCUT2D eigenvalue weighted by Crippen LogP contribution is 2.18. The van der Waals surface area contributed by atoms with E-state index in [4.69, 9.17) is 4.74 Å². The van der Waals surface area contributed by atoms with Gasteiger partial charge in [-0.3, -0.25) is 0 Å². The Morgan fingerprint density at radius 1 is 1.11 bits per heavy atom. The van der Waals surface area contributed by atoms with Crippen LogP contribution in [-0.2, 0) is 4.74 Å². The highest BCUT2D eigenvalue weighted by Gasteiger charge is 2.27. The molecule has 0 aromatic carbocycles. The fraction of sp³-hybridized carbons (Fsp3) is 1.00. The Kier molecular flexibility index (Phi) is 7.18. The monoisotopic (exact) mass is 268 g/mol. The van der Waals surface area contributed by atoms with E-state index in [1.54, 1.807) is 0 Å². The van der Waals surface area contributed by atoms with Crippen LogP contribution in [-0.4, -0.2) is 50.3 Å². The molecule has 2 unspecified atom stereocenters. The number of ether oxygens (including phenoxy) is 1. The molecule has 3 nitrogen and oxygen atoms in total. The molecule has 0 amide bonds. The van der Waals surface area contributed by atoms with Crippen LogP contribution in [0.15, 0.2) is 0 Å². The minimum Gasteiger partial charge on any atom is -0.381 e. The summed E-state index contributed by atoms with van der Waals surface area (Å²) in [6, 6.07) is 0.680. The van der Waals surface area contributed by atoms with Crippen LogP contribution in [0.25, 0.3) is 0 Å². The van der Waals surface area contributed by atoms with Gasteiger partial charge in [0.25, 0.3) is 0 Å². The quantitative estimate of drug-likeness (QED) is 0.829. The number of nitrogens with one attached hydrogen (secondary N) is 1. The van der Waals surface area contributed by atoms with Gasteiger partial charge in [0, 0.05) is 25.1 Å². The molecule has 2 rings (SSSR count). The van der Waals surface area contributed by atoms with Crippen LogP contribution in [0.5, 0.6) is 0 Å². The van der Waals surface area contributed by atoms with Crippen LogP contribution < -0.4 is 5.32 Å². The predicted molar refractivity (Wildman–Crippen MR) is 80.5 cm³/mol. The molecule has 2 heterocycles. The first kappa shape index (κ1) is 15.3. The van der Waals surface area contributed by atoms with E-state index < -0.39 is 0 Å². The van der Waals surface area contributed by atoms with E-state index >= 15 is 0 Å². The molecule has 0 bridgehead atoms. The van der Waals surface area contributed by atoms with Crippen molar-refractivity contribution in [2.24, 2.45) is 5.92 Å². The first-order valence-electron chi connectivity index (χ1n) is 8.43. The molecule has 0 aromatic rings. The maximum atomic E-state index is 5.72. The zero-order valence-electron chi connectivity index (χ0n) is 12.7. The van der Waals surface area contributed by atoms with Crippen LogP contribution >= 0.6 is 0 Å². The summed E-state index contributed by atoms with van der Waals surface area (Å²) in [5, 5.41) is 3.73. The van der Waals surface area contributed by atoms with Gasteiger partial charge in [-0.25, -0.2) is 0 Å². The highest BCUT2D eigenvalue weighted by molar-refractivity contribution is 4.82. The molecule has 2 fully saturated rings. The van der Waals surface area contributed by atoms with Crippen molar-refractivity contribution in [3.63, 3.8) is 0 Å². The summed E-state index contributed by atoms with van der Waals surface area (Å²) in [4.78, 5) is 2.69. The van der Waals surface area contributed by atoms with Crippen LogP contribution in [0.4, 0.5) is 0 Å². The van der Waals surface area contributed by atoms with E-state index in [1.165, 1.54) is 64.6 Å². The van der Waals surface area contributed by atoms with Gasteiger partial charge in [-0.1, -0.05) is 26.2 Å². The molecule has 0 saturated carbocycles. The topological polar surface area (TPSA) is 24.5 Å². The average molecular weight is 268 g/mol. The third-order valence-electron chi connectivity index (χ3n) is 4.57. The number of nitrogens with zero attached hydrogens (tertiary/aromatic N) is 1. The van der Waals surface area contributed by atoms with Crippen LogP contribution in [0.3, 0.4) is 0 Å². The van der Waals surface area contributed by atoms with Crippen LogP contribution in [0.2, 0.25) is 0 Å². The summed E-state index contributed by atoms with van der Waals surface area (Å²) >= 11 is 0.